The molecule has 5 heteroatoms. The lowest BCUT2D eigenvalue weighted by Crippen LogP contribution is -2.42. The highest BCUT2D eigenvalue weighted by atomic mass is 79.9. The van der Waals surface area contributed by atoms with Crippen LogP contribution in [0.3, 0.4) is 0 Å². The first kappa shape index (κ1) is 18.7. The Morgan fingerprint density at radius 3 is 2.36 bits per heavy atom. The molecule has 0 fully saturated rings. The van der Waals surface area contributed by atoms with Crippen molar-refractivity contribution in [2.75, 3.05) is 6.79 Å². The number of hydrogen-bond donors (Lipinski definition) is 0. The molecule has 2 aromatic rings. The van der Waals surface area contributed by atoms with Gasteiger partial charge in [-0.15, -0.1) is 0 Å². The third-order valence-corrected chi connectivity index (χ3v) is 12.5. The van der Waals surface area contributed by atoms with Crippen LogP contribution in [0, 0.1) is 0 Å². The van der Waals surface area contributed by atoms with Crippen LogP contribution in [0.5, 0.6) is 11.5 Å². The highest BCUT2D eigenvalue weighted by Crippen LogP contribution is 2.56. The van der Waals surface area contributed by atoms with E-state index in [0.29, 0.717) is 17.9 Å². The molecule has 1 heterocycles. The van der Waals surface area contributed by atoms with E-state index in [1.54, 1.807) is 0 Å². The minimum Gasteiger partial charge on any atom is -0.454 e. The summed E-state index contributed by atoms with van der Waals surface area (Å²) in [5, 5.41) is 0. The zero-order valence-electron chi connectivity index (χ0n) is 16.4. The number of halogens is 2. The van der Waals surface area contributed by atoms with Crippen molar-refractivity contribution < 1.29 is 9.47 Å². The van der Waals surface area contributed by atoms with E-state index in [0.717, 1.165) is 16.0 Å². The maximum absolute atomic E-state index is 5.74. The monoisotopic (exact) mass is 516 g/mol. The van der Waals surface area contributed by atoms with Crippen LogP contribution in [-0.4, -0.2) is 14.9 Å². The van der Waals surface area contributed by atoms with Gasteiger partial charge in [-0.1, -0.05) is 64.5 Å². The first-order chi connectivity index (χ1) is 13.3. The average Bonchev–Trinajstić information content (AvgIpc) is 3.30. The minimum atomic E-state index is -1.82. The van der Waals surface area contributed by atoms with Crippen molar-refractivity contribution >= 4 is 52.1 Å². The molecule has 0 spiro atoms. The first-order valence-electron chi connectivity index (χ1n) is 9.57. The van der Waals surface area contributed by atoms with E-state index in [-0.39, 0.29) is 0 Å². The molecule has 0 amide bonds. The molecule has 2 unspecified atom stereocenters. The second-order valence-electron chi connectivity index (χ2n) is 8.63. The number of ether oxygens (including phenoxy) is 2. The molecule has 3 aliphatic rings. The van der Waals surface area contributed by atoms with Gasteiger partial charge in [0.2, 0.25) is 6.79 Å². The molecule has 0 saturated carbocycles. The minimum absolute atomic E-state index is 0.302. The lowest BCUT2D eigenvalue weighted by atomic mass is 10.1. The molecule has 2 atom stereocenters. The molecule has 28 heavy (non-hydrogen) atoms. The Bertz CT molecular complexity index is 1080. The second kappa shape index (κ2) is 6.35. The van der Waals surface area contributed by atoms with Gasteiger partial charge in [0.1, 0.15) is 0 Å². The van der Waals surface area contributed by atoms with Crippen LogP contribution in [0.15, 0.2) is 44.4 Å². The van der Waals surface area contributed by atoms with Crippen molar-refractivity contribution in [3.05, 3.63) is 66.6 Å². The molecule has 2 aliphatic carbocycles. The van der Waals surface area contributed by atoms with Gasteiger partial charge in [-0.05, 0) is 64.2 Å². The van der Waals surface area contributed by atoms with E-state index in [4.69, 9.17) is 9.47 Å². The van der Waals surface area contributed by atoms with E-state index in [2.05, 4.69) is 95.2 Å². The molecule has 144 valence electrons. The average molecular weight is 518 g/mol. The largest absolute Gasteiger partial charge is 0.454 e. The van der Waals surface area contributed by atoms with Gasteiger partial charge in [-0.3, -0.25) is 0 Å². The van der Waals surface area contributed by atoms with Gasteiger partial charge in [-0.25, -0.2) is 0 Å². The van der Waals surface area contributed by atoms with Gasteiger partial charge in [0.25, 0.3) is 0 Å². The van der Waals surface area contributed by atoms with Crippen molar-refractivity contribution in [1.29, 1.82) is 0 Å². The summed E-state index contributed by atoms with van der Waals surface area (Å²) in [7, 11) is -1.82. The Morgan fingerprint density at radius 2 is 1.61 bits per heavy atom. The Hall–Kier alpha value is -1.30. The maximum atomic E-state index is 5.74. The molecule has 0 bridgehead atoms. The van der Waals surface area contributed by atoms with Gasteiger partial charge >= 0.3 is 0 Å². The molecule has 0 radical (unpaired) electrons. The van der Waals surface area contributed by atoms with Gasteiger partial charge in [0.05, 0.1) is 12.5 Å². The summed E-state index contributed by atoms with van der Waals surface area (Å²) in [6.07, 6.45) is 4.72. The number of allylic oxidation sites excluding steroid dienone is 2. The fourth-order valence-electron chi connectivity index (χ4n) is 5.63. The molecule has 5 rings (SSSR count). The van der Waals surface area contributed by atoms with Crippen LogP contribution in [0.2, 0.25) is 13.1 Å². The third-order valence-electron chi connectivity index (χ3n) is 6.53. The van der Waals surface area contributed by atoms with Gasteiger partial charge in [0.15, 0.2) is 11.5 Å². The number of benzene rings is 2. The number of rotatable bonds is 2. The number of hydrogen-bond acceptors (Lipinski definition) is 2. The fraction of sp³-hybridized carbons (Fsp3) is 0.304. The maximum Gasteiger partial charge on any atom is 0.231 e. The third kappa shape index (κ3) is 2.49. The molecule has 2 aromatic carbocycles. The zero-order valence-corrected chi connectivity index (χ0v) is 20.6. The van der Waals surface area contributed by atoms with E-state index in [1.165, 1.54) is 37.9 Å². The topological polar surface area (TPSA) is 18.5 Å². The van der Waals surface area contributed by atoms with Crippen LogP contribution >= 0.6 is 31.9 Å². The normalized spacial score (nSPS) is 22.1. The van der Waals surface area contributed by atoms with Gasteiger partial charge in [-0.2, -0.15) is 0 Å². The summed E-state index contributed by atoms with van der Waals surface area (Å²) in [5.41, 5.74) is 9.38. The quantitative estimate of drug-likeness (QED) is 0.385. The van der Waals surface area contributed by atoms with Crippen LogP contribution < -0.4 is 9.47 Å². The van der Waals surface area contributed by atoms with Crippen LogP contribution in [0.25, 0.3) is 12.2 Å². The first-order valence-corrected chi connectivity index (χ1v) is 14.3. The van der Waals surface area contributed by atoms with Crippen molar-refractivity contribution in [1.82, 2.24) is 0 Å². The summed E-state index contributed by atoms with van der Waals surface area (Å²) >= 11 is 7.54. The van der Waals surface area contributed by atoms with Crippen LogP contribution in [0.4, 0.5) is 0 Å². The zero-order chi connectivity index (χ0) is 19.8. The molecule has 0 saturated heterocycles. The molecule has 2 nitrogen and oxygen atoms in total. The molecule has 0 N–H and O–H groups in total. The Kier molecular flexibility index (Phi) is 4.24. The van der Waals surface area contributed by atoms with Crippen LogP contribution in [-0.2, 0) is 0 Å². The van der Waals surface area contributed by atoms with Crippen molar-refractivity contribution in [3.63, 3.8) is 0 Å². The summed E-state index contributed by atoms with van der Waals surface area (Å²) in [4.78, 5) is 0. The SMILES string of the molecule is CC1=Cc2c(Br)cccc2C1[Si](C)(C)C1C(C)=Cc2c1cc1c(c2Br)OCO1. The predicted octanol–water partition coefficient (Wildman–Crippen LogP) is 7.43. The summed E-state index contributed by atoms with van der Waals surface area (Å²) in [5.74, 6) is 1.71. The van der Waals surface area contributed by atoms with Crippen molar-refractivity contribution in [2.24, 2.45) is 0 Å². The second-order valence-corrected chi connectivity index (χ2v) is 15.1. The molecular formula is C23H22Br2O2Si. The molecular weight excluding hydrogens is 496 g/mol. The molecule has 1 aliphatic heterocycles. The van der Waals surface area contributed by atoms with Gasteiger partial charge < -0.3 is 9.47 Å². The smallest absolute Gasteiger partial charge is 0.231 e. The Labute approximate surface area is 183 Å². The lowest BCUT2D eigenvalue weighted by molar-refractivity contribution is 0.173. The van der Waals surface area contributed by atoms with Crippen molar-refractivity contribution in [2.45, 2.75) is 38.0 Å². The van der Waals surface area contributed by atoms with E-state index < -0.39 is 8.07 Å². The van der Waals surface area contributed by atoms with E-state index >= 15 is 0 Å². The lowest BCUT2D eigenvalue weighted by Gasteiger charge is -2.39. The summed E-state index contributed by atoms with van der Waals surface area (Å²) in [6, 6.07) is 8.86. The number of fused-ring (bicyclic) bond motifs is 3. The Morgan fingerprint density at radius 1 is 0.929 bits per heavy atom. The summed E-state index contributed by atoms with van der Waals surface area (Å²) < 4.78 is 13.7. The molecule has 0 aromatic heterocycles. The standard InChI is InChI=1S/C23H22Br2O2Si/c1-12-8-15-14(6-5-7-18(15)24)22(12)28(3,4)23-13(2)9-16-17(23)10-19-21(20(16)25)27-11-26-19/h5-10,22-23H,11H2,1-4H3. The predicted molar refractivity (Wildman–Crippen MR) is 125 cm³/mol. The van der Waals surface area contributed by atoms with Crippen LogP contribution in [0.1, 0.15) is 47.2 Å². The van der Waals surface area contributed by atoms with E-state index in [1.807, 2.05) is 0 Å². The van der Waals surface area contributed by atoms with Gasteiger partial charge in [0, 0.05) is 15.6 Å². The Balaban J connectivity index is 1.66. The van der Waals surface area contributed by atoms with E-state index in [9.17, 15) is 0 Å². The highest BCUT2D eigenvalue weighted by Gasteiger charge is 2.47. The van der Waals surface area contributed by atoms with Crippen molar-refractivity contribution in [3.8, 4) is 11.5 Å². The summed E-state index contributed by atoms with van der Waals surface area (Å²) in [6.45, 7) is 9.98. The highest BCUT2D eigenvalue weighted by molar-refractivity contribution is 9.11. The fourth-order valence-corrected chi connectivity index (χ4v) is 11.7.